The van der Waals surface area contributed by atoms with Crippen LogP contribution in [0, 0.1) is 0 Å². The first-order valence-corrected chi connectivity index (χ1v) is 9.71. The predicted octanol–water partition coefficient (Wildman–Crippen LogP) is 4.60. The average molecular weight is 436 g/mol. The van der Waals surface area contributed by atoms with E-state index in [1.807, 2.05) is 36.4 Å². The lowest BCUT2D eigenvalue weighted by molar-refractivity contribution is -0.135. The summed E-state index contributed by atoms with van der Waals surface area (Å²) in [7, 11) is 0. The standard InChI is InChI=1S/C23H18BrNO3/c1-2-12-25-20-11-10-16(24)13-19(20)23(28,22(25)27)14-21(26)18-9-5-7-15-6-3-4-8-17(15)18/h2-11,13,28H,1,12,14H2/t23-/m1/s1. The summed E-state index contributed by atoms with van der Waals surface area (Å²) in [6.07, 6.45) is 1.28. The van der Waals surface area contributed by atoms with E-state index in [1.165, 1.54) is 4.90 Å². The first-order chi connectivity index (χ1) is 13.5. The van der Waals surface area contributed by atoms with Gasteiger partial charge in [-0.3, -0.25) is 9.59 Å². The van der Waals surface area contributed by atoms with Gasteiger partial charge >= 0.3 is 0 Å². The second-order valence-electron chi connectivity index (χ2n) is 6.85. The summed E-state index contributed by atoms with van der Waals surface area (Å²) in [5.74, 6) is -0.784. The number of hydrogen-bond donors (Lipinski definition) is 1. The molecule has 0 aromatic heterocycles. The summed E-state index contributed by atoms with van der Waals surface area (Å²) in [5.41, 5.74) is -0.377. The van der Waals surface area contributed by atoms with Crippen LogP contribution >= 0.6 is 15.9 Å². The summed E-state index contributed by atoms with van der Waals surface area (Å²) in [4.78, 5) is 27.7. The van der Waals surface area contributed by atoms with Crippen molar-refractivity contribution in [3.05, 3.63) is 88.9 Å². The highest BCUT2D eigenvalue weighted by Gasteiger charge is 2.50. The number of rotatable bonds is 5. The van der Waals surface area contributed by atoms with E-state index in [1.54, 1.807) is 30.3 Å². The van der Waals surface area contributed by atoms with Crippen LogP contribution in [0.1, 0.15) is 22.3 Å². The van der Waals surface area contributed by atoms with Crippen molar-refractivity contribution in [1.82, 2.24) is 0 Å². The van der Waals surface area contributed by atoms with Crippen LogP contribution in [-0.4, -0.2) is 23.3 Å². The molecule has 1 aliphatic rings. The van der Waals surface area contributed by atoms with Crippen LogP contribution in [0.15, 0.2) is 77.8 Å². The van der Waals surface area contributed by atoms with Crippen molar-refractivity contribution < 1.29 is 14.7 Å². The molecule has 1 N–H and O–H groups in total. The Labute approximate surface area is 171 Å². The van der Waals surface area contributed by atoms with Crippen molar-refractivity contribution in [3.8, 4) is 0 Å². The lowest BCUT2D eigenvalue weighted by Gasteiger charge is -2.22. The third-order valence-corrected chi connectivity index (χ3v) is 5.61. The zero-order chi connectivity index (χ0) is 19.9. The van der Waals surface area contributed by atoms with Gasteiger partial charge in [-0.15, -0.1) is 6.58 Å². The number of nitrogens with zero attached hydrogens (tertiary/aromatic N) is 1. The Balaban J connectivity index is 1.78. The van der Waals surface area contributed by atoms with E-state index >= 15 is 0 Å². The first-order valence-electron chi connectivity index (χ1n) is 8.92. The van der Waals surface area contributed by atoms with Crippen LogP contribution < -0.4 is 4.90 Å². The molecule has 0 unspecified atom stereocenters. The fourth-order valence-electron chi connectivity index (χ4n) is 3.80. The predicted molar refractivity (Wildman–Crippen MR) is 113 cm³/mol. The van der Waals surface area contributed by atoms with E-state index in [2.05, 4.69) is 22.5 Å². The smallest absolute Gasteiger partial charge is 0.264 e. The number of anilines is 1. The molecule has 0 bridgehead atoms. The summed E-state index contributed by atoms with van der Waals surface area (Å²) < 4.78 is 0.732. The van der Waals surface area contributed by atoms with Crippen LogP contribution in [0.25, 0.3) is 10.8 Å². The molecule has 3 aromatic rings. The Morgan fingerprint density at radius 1 is 1.14 bits per heavy atom. The number of amides is 1. The summed E-state index contributed by atoms with van der Waals surface area (Å²) in [5, 5.41) is 13.1. The van der Waals surface area contributed by atoms with Crippen molar-refractivity contribution in [2.24, 2.45) is 0 Å². The summed E-state index contributed by atoms with van der Waals surface area (Å²) in [6.45, 7) is 3.95. The van der Waals surface area contributed by atoms with Crippen molar-refractivity contribution in [2.75, 3.05) is 11.4 Å². The van der Waals surface area contributed by atoms with E-state index in [9.17, 15) is 14.7 Å². The Kier molecular flexibility index (Phi) is 4.65. The van der Waals surface area contributed by atoms with Crippen LogP contribution in [-0.2, 0) is 10.4 Å². The average Bonchev–Trinajstić information content (AvgIpc) is 2.89. The molecule has 4 nitrogen and oxygen atoms in total. The van der Waals surface area contributed by atoms with E-state index in [0.717, 1.165) is 15.2 Å². The Hall–Kier alpha value is -2.76. The maximum absolute atomic E-state index is 13.2. The summed E-state index contributed by atoms with van der Waals surface area (Å²) >= 11 is 3.39. The normalized spacial score (nSPS) is 18.4. The number of benzene rings is 3. The molecule has 1 amide bonds. The van der Waals surface area contributed by atoms with Crippen molar-refractivity contribution in [1.29, 1.82) is 0 Å². The van der Waals surface area contributed by atoms with Gasteiger partial charge in [0, 0.05) is 22.1 Å². The van der Waals surface area contributed by atoms with Gasteiger partial charge in [0.1, 0.15) is 0 Å². The highest BCUT2D eigenvalue weighted by atomic mass is 79.9. The highest BCUT2D eigenvalue weighted by Crippen LogP contribution is 2.44. The summed E-state index contributed by atoms with van der Waals surface area (Å²) in [6, 6.07) is 18.3. The third kappa shape index (κ3) is 2.87. The maximum atomic E-state index is 13.2. The first kappa shape index (κ1) is 18.6. The number of hydrogen-bond acceptors (Lipinski definition) is 3. The van der Waals surface area contributed by atoms with Crippen molar-refractivity contribution in [2.45, 2.75) is 12.0 Å². The zero-order valence-electron chi connectivity index (χ0n) is 15.1. The molecule has 0 fully saturated rings. The molecule has 0 saturated carbocycles. The highest BCUT2D eigenvalue weighted by molar-refractivity contribution is 9.10. The molecular formula is C23H18BrNO3. The van der Waals surface area contributed by atoms with Gasteiger partial charge in [0.2, 0.25) is 0 Å². The Morgan fingerprint density at radius 3 is 2.68 bits per heavy atom. The van der Waals surface area contributed by atoms with Gasteiger partial charge in [-0.1, -0.05) is 64.5 Å². The molecule has 5 heteroatoms. The molecule has 3 aromatic carbocycles. The fraction of sp³-hybridized carbons (Fsp3) is 0.130. The second kappa shape index (κ2) is 7.00. The number of aliphatic hydroxyl groups is 1. The minimum atomic E-state index is -1.91. The number of carbonyl (C=O) groups is 2. The van der Waals surface area contributed by atoms with Gasteiger partial charge < -0.3 is 10.0 Å². The molecule has 140 valence electrons. The minimum absolute atomic E-state index is 0.262. The maximum Gasteiger partial charge on any atom is 0.264 e. The molecule has 28 heavy (non-hydrogen) atoms. The number of Topliss-reactive ketones (excluding diaryl/α,β-unsaturated/α-hetero) is 1. The van der Waals surface area contributed by atoms with Crippen LogP contribution in [0.5, 0.6) is 0 Å². The number of halogens is 1. The van der Waals surface area contributed by atoms with Gasteiger partial charge in [-0.05, 0) is 29.0 Å². The molecule has 0 radical (unpaired) electrons. The fourth-order valence-corrected chi connectivity index (χ4v) is 4.16. The number of fused-ring (bicyclic) bond motifs is 2. The molecule has 0 saturated heterocycles. The second-order valence-corrected chi connectivity index (χ2v) is 7.77. The Bertz CT molecular complexity index is 1120. The van der Waals surface area contributed by atoms with E-state index in [-0.39, 0.29) is 18.7 Å². The van der Waals surface area contributed by atoms with Gasteiger partial charge in [0.15, 0.2) is 11.4 Å². The quantitative estimate of drug-likeness (QED) is 0.470. The van der Waals surface area contributed by atoms with Crippen LogP contribution in [0.3, 0.4) is 0 Å². The van der Waals surface area contributed by atoms with Gasteiger partial charge in [-0.2, -0.15) is 0 Å². The molecule has 0 spiro atoms. The third-order valence-electron chi connectivity index (χ3n) is 5.11. The van der Waals surface area contributed by atoms with Gasteiger partial charge in [0.05, 0.1) is 12.1 Å². The van der Waals surface area contributed by atoms with Crippen LogP contribution in [0.4, 0.5) is 5.69 Å². The Morgan fingerprint density at radius 2 is 1.89 bits per heavy atom. The zero-order valence-corrected chi connectivity index (χ0v) is 16.6. The minimum Gasteiger partial charge on any atom is -0.375 e. The molecule has 1 heterocycles. The molecule has 1 atom stereocenters. The van der Waals surface area contributed by atoms with Crippen molar-refractivity contribution >= 4 is 44.1 Å². The monoisotopic (exact) mass is 435 g/mol. The number of ketones is 1. The lowest BCUT2D eigenvalue weighted by atomic mass is 9.87. The largest absolute Gasteiger partial charge is 0.375 e. The van der Waals surface area contributed by atoms with E-state index in [4.69, 9.17) is 0 Å². The van der Waals surface area contributed by atoms with Gasteiger partial charge in [-0.25, -0.2) is 0 Å². The molecule has 1 aliphatic heterocycles. The molecule has 4 rings (SSSR count). The number of carbonyl (C=O) groups excluding carboxylic acids is 2. The van der Waals surface area contributed by atoms with Gasteiger partial charge in [0.25, 0.3) is 5.91 Å². The van der Waals surface area contributed by atoms with E-state index < -0.39 is 11.5 Å². The topological polar surface area (TPSA) is 57.6 Å². The molecular weight excluding hydrogens is 418 g/mol. The lowest BCUT2D eigenvalue weighted by Crippen LogP contribution is -2.42. The SMILES string of the molecule is C=CCN1C(=O)[C@@](O)(CC(=O)c2cccc3ccccc23)c2cc(Br)ccc21. The van der Waals surface area contributed by atoms with E-state index in [0.29, 0.717) is 16.8 Å². The van der Waals surface area contributed by atoms with Crippen molar-refractivity contribution in [3.63, 3.8) is 0 Å². The molecule has 0 aliphatic carbocycles. The van der Waals surface area contributed by atoms with Crippen LogP contribution in [0.2, 0.25) is 0 Å².